The highest BCUT2D eigenvalue weighted by atomic mass is 19.1. The number of allylic oxidation sites excluding steroid dienone is 1. The molecule has 0 bridgehead atoms. The number of anilines is 2. The molecule has 3 aromatic rings. The molecule has 0 fully saturated rings. The van der Waals surface area contributed by atoms with Crippen LogP contribution in [0.5, 0.6) is 11.5 Å². The lowest BCUT2D eigenvalue weighted by molar-refractivity contribution is -0.136. The Morgan fingerprint density at radius 1 is 0.974 bits per heavy atom. The van der Waals surface area contributed by atoms with E-state index < -0.39 is 17.7 Å². The monoisotopic (exact) mass is 516 g/mol. The predicted molar refractivity (Wildman–Crippen MR) is 140 cm³/mol. The van der Waals surface area contributed by atoms with E-state index in [1.807, 2.05) is 0 Å². The third kappa shape index (κ3) is 5.73. The van der Waals surface area contributed by atoms with Crippen molar-refractivity contribution in [2.24, 2.45) is 0 Å². The van der Waals surface area contributed by atoms with Gasteiger partial charge in [0.05, 0.1) is 31.1 Å². The molecule has 1 aliphatic heterocycles. The molecule has 1 aliphatic rings. The third-order valence-corrected chi connectivity index (χ3v) is 5.79. The van der Waals surface area contributed by atoms with Gasteiger partial charge in [-0.1, -0.05) is 18.2 Å². The highest BCUT2D eigenvalue weighted by Crippen LogP contribution is 2.36. The van der Waals surface area contributed by atoms with E-state index in [0.29, 0.717) is 34.1 Å². The molecule has 1 heterocycles. The number of hydrogen-bond donors (Lipinski definition) is 1. The van der Waals surface area contributed by atoms with E-state index in [1.54, 1.807) is 61.5 Å². The average Bonchev–Trinajstić information content (AvgIpc) is 3.17. The quantitative estimate of drug-likeness (QED) is 0.344. The molecule has 4 rings (SSSR count). The number of hydrogen-bond acceptors (Lipinski definition) is 6. The topological polar surface area (TPSA) is 94.2 Å². The van der Waals surface area contributed by atoms with Gasteiger partial charge >= 0.3 is 5.97 Å². The fraction of sp³-hybridized carbons (Fsp3) is 0.138. The van der Waals surface area contributed by atoms with Crippen molar-refractivity contribution in [1.29, 1.82) is 0 Å². The molecule has 0 aromatic heterocycles. The van der Waals surface area contributed by atoms with Crippen LogP contribution in [0.1, 0.15) is 12.5 Å². The van der Waals surface area contributed by atoms with Crippen molar-refractivity contribution >= 4 is 35.2 Å². The van der Waals surface area contributed by atoms with Gasteiger partial charge in [0, 0.05) is 17.5 Å². The molecule has 194 valence electrons. The van der Waals surface area contributed by atoms with Crippen LogP contribution >= 0.6 is 0 Å². The number of rotatable bonds is 8. The molecule has 0 aliphatic carbocycles. The van der Waals surface area contributed by atoms with Gasteiger partial charge in [-0.15, -0.1) is 0 Å². The number of benzene rings is 3. The van der Waals surface area contributed by atoms with Crippen molar-refractivity contribution in [2.45, 2.75) is 6.92 Å². The summed E-state index contributed by atoms with van der Waals surface area (Å²) >= 11 is 0. The fourth-order valence-electron chi connectivity index (χ4n) is 3.95. The Labute approximate surface area is 218 Å². The van der Waals surface area contributed by atoms with Crippen molar-refractivity contribution in [3.8, 4) is 11.5 Å². The zero-order chi connectivity index (χ0) is 27.2. The lowest BCUT2D eigenvalue weighted by Gasteiger charge is -2.18. The van der Waals surface area contributed by atoms with E-state index in [2.05, 4.69) is 5.32 Å². The first-order valence-corrected chi connectivity index (χ1v) is 11.6. The van der Waals surface area contributed by atoms with Gasteiger partial charge in [-0.25, -0.2) is 9.18 Å². The highest BCUT2D eigenvalue weighted by Gasteiger charge is 2.38. The average molecular weight is 517 g/mol. The van der Waals surface area contributed by atoms with E-state index in [4.69, 9.17) is 14.2 Å². The SMILES string of the molecule is COC(=O)C1=C(C)N(c2cccc(OC)c2)C(=O)/C1=C\c1ccc(OCC(=O)Nc2ccc(F)cc2)cc1. The van der Waals surface area contributed by atoms with Crippen LogP contribution in [0.2, 0.25) is 0 Å². The molecular weight excluding hydrogens is 491 g/mol. The standard InChI is InChI=1S/C29H25FN2O6/c1-18-27(29(35)37-3)25(28(34)32(18)22-5-4-6-24(16-22)36-2)15-19-7-13-23(14-8-19)38-17-26(33)31-21-11-9-20(30)10-12-21/h4-16H,17H2,1-3H3,(H,31,33)/b25-15-. The van der Waals surface area contributed by atoms with Crippen molar-refractivity contribution in [1.82, 2.24) is 0 Å². The molecule has 0 atom stereocenters. The van der Waals surface area contributed by atoms with Crippen LogP contribution in [0.4, 0.5) is 15.8 Å². The van der Waals surface area contributed by atoms with Crippen molar-refractivity contribution in [3.63, 3.8) is 0 Å². The number of nitrogens with one attached hydrogen (secondary N) is 1. The zero-order valence-electron chi connectivity index (χ0n) is 21.0. The maximum Gasteiger partial charge on any atom is 0.340 e. The molecule has 0 spiro atoms. The second kappa shape index (κ2) is 11.4. The number of esters is 1. The van der Waals surface area contributed by atoms with Gasteiger partial charge in [-0.05, 0) is 67.1 Å². The number of carbonyl (C=O) groups is 3. The lowest BCUT2D eigenvalue weighted by atomic mass is 10.0. The first kappa shape index (κ1) is 26.2. The zero-order valence-corrected chi connectivity index (χ0v) is 21.0. The highest BCUT2D eigenvalue weighted by molar-refractivity contribution is 6.23. The molecule has 0 saturated heterocycles. The Hall–Kier alpha value is -4.92. The second-order valence-electron chi connectivity index (χ2n) is 8.26. The molecule has 38 heavy (non-hydrogen) atoms. The maximum absolute atomic E-state index is 13.4. The van der Waals surface area contributed by atoms with Crippen LogP contribution < -0.4 is 19.7 Å². The third-order valence-electron chi connectivity index (χ3n) is 5.79. The summed E-state index contributed by atoms with van der Waals surface area (Å²) in [7, 11) is 2.79. The fourth-order valence-corrected chi connectivity index (χ4v) is 3.95. The summed E-state index contributed by atoms with van der Waals surface area (Å²) in [6, 6.07) is 19.1. The van der Waals surface area contributed by atoms with Gasteiger partial charge in [0.1, 0.15) is 17.3 Å². The van der Waals surface area contributed by atoms with Gasteiger partial charge in [0.2, 0.25) is 0 Å². The molecule has 9 heteroatoms. The van der Waals surface area contributed by atoms with Crippen molar-refractivity contribution < 1.29 is 33.0 Å². The van der Waals surface area contributed by atoms with E-state index in [-0.39, 0.29) is 23.7 Å². The number of halogens is 1. The largest absolute Gasteiger partial charge is 0.497 e. The van der Waals surface area contributed by atoms with E-state index in [1.165, 1.54) is 43.4 Å². The van der Waals surface area contributed by atoms with Crippen LogP contribution in [0.3, 0.4) is 0 Å². The molecule has 0 radical (unpaired) electrons. The second-order valence-corrected chi connectivity index (χ2v) is 8.26. The Morgan fingerprint density at radius 3 is 2.34 bits per heavy atom. The number of carbonyl (C=O) groups excluding carboxylic acids is 3. The van der Waals surface area contributed by atoms with Crippen LogP contribution in [-0.2, 0) is 19.1 Å². The Morgan fingerprint density at radius 2 is 1.68 bits per heavy atom. The van der Waals surface area contributed by atoms with Gasteiger partial charge in [0.25, 0.3) is 11.8 Å². The Balaban J connectivity index is 1.51. The molecule has 2 amide bonds. The van der Waals surface area contributed by atoms with Gasteiger partial charge in [-0.3, -0.25) is 14.5 Å². The summed E-state index contributed by atoms with van der Waals surface area (Å²) < 4.78 is 28.8. The number of methoxy groups -OCH3 is 2. The molecule has 1 N–H and O–H groups in total. The van der Waals surface area contributed by atoms with Crippen LogP contribution in [0, 0.1) is 5.82 Å². The summed E-state index contributed by atoms with van der Waals surface area (Å²) in [5.74, 6) is -0.806. The minimum atomic E-state index is -0.625. The summed E-state index contributed by atoms with van der Waals surface area (Å²) in [6.45, 7) is 1.43. The normalized spacial score (nSPS) is 14.1. The number of amides is 2. The van der Waals surface area contributed by atoms with Gasteiger partial charge in [0.15, 0.2) is 6.61 Å². The number of nitrogens with zero attached hydrogens (tertiary/aromatic N) is 1. The first-order valence-electron chi connectivity index (χ1n) is 11.6. The summed E-state index contributed by atoms with van der Waals surface area (Å²) in [6.07, 6.45) is 1.60. The summed E-state index contributed by atoms with van der Waals surface area (Å²) in [5.41, 5.74) is 2.43. The van der Waals surface area contributed by atoms with Crippen LogP contribution in [0.15, 0.2) is 89.6 Å². The minimum Gasteiger partial charge on any atom is -0.497 e. The first-order chi connectivity index (χ1) is 18.3. The van der Waals surface area contributed by atoms with Gasteiger partial charge in [-0.2, -0.15) is 0 Å². The number of ether oxygens (including phenoxy) is 3. The molecule has 3 aromatic carbocycles. The Bertz CT molecular complexity index is 1430. The van der Waals surface area contributed by atoms with Gasteiger partial charge < -0.3 is 19.5 Å². The predicted octanol–water partition coefficient (Wildman–Crippen LogP) is 4.73. The van der Waals surface area contributed by atoms with Crippen LogP contribution in [0.25, 0.3) is 6.08 Å². The minimum absolute atomic E-state index is 0.165. The van der Waals surface area contributed by atoms with Crippen molar-refractivity contribution in [3.05, 3.63) is 101 Å². The summed E-state index contributed by atoms with van der Waals surface area (Å²) in [5, 5.41) is 2.61. The van der Waals surface area contributed by atoms with E-state index in [9.17, 15) is 18.8 Å². The van der Waals surface area contributed by atoms with E-state index >= 15 is 0 Å². The molecule has 0 unspecified atom stereocenters. The molecular formula is C29H25FN2O6. The molecule has 0 saturated carbocycles. The smallest absolute Gasteiger partial charge is 0.340 e. The summed E-state index contributed by atoms with van der Waals surface area (Å²) in [4.78, 5) is 39.6. The lowest BCUT2D eigenvalue weighted by Crippen LogP contribution is -2.24. The van der Waals surface area contributed by atoms with E-state index in [0.717, 1.165) is 0 Å². The van der Waals surface area contributed by atoms with Crippen LogP contribution in [-0.4, -0.2) is 38.6 Å². The maximum atomic E-state index is 13.4. The Kier molecular flexibility index (Phi) is 7.86. The van der Waals surface area contributed by atoms with Crippen molar-refractivity contribution in [2.75, 3.05) is 31.0 Å². The molecule has 8 nitrogen and oxygen atoms in total.